The summed E-state index contributed by atoms with van der Waals surface area (Å²) in [6.07, 6.45) is 42.1. The van der Waals surface area contributed by atoms with Crippen LogP contribution in [0.2, 0.25) is 0 Å². The maximum absolute atomic E-state index is 11.5. The number of carboxylic acid groups (broad SMARTS) is 2. The molecule has 278 valence electrons. The van der Waals surface area contributed by atoms with Crippen LogP contribution >= 0.6 is 0 Å². The molecule has 1 aromatic carbocycles. The van der Waals surface area contributed by atoms with E-state index in [-0.39, 0.29) is 0 Å². The lowest BCUT2D eigenvalue weighted by Gasteiger charge is -2.17. The van der Waals surface area contributed by atoms with Crippen molar-refractivity contribution in [2.24, 2.45) is 5.92 Å². The SMILES string of the molecule is CCCCC/C=C\C/C=C\CCCCC(O)CC(CCc1ccccc1)C(=O)O.CCCCC/C=C\C/C=C\CCCCCCCC(=O)O. The van der Waals surface area contributed by atoms with Crippen LogP contribution in [-0.4, -0.2) is 33.4 Å². The zero-order valence-corrected chi connectivity index (χ0v) is 31.3. The Morgan fingerprint density at radius 3 is 1.55 bits per heavy atom. The number of hydrogen-bond donors (Lipinski definition) is 3. The van der Waals surface area contributed by atoms with Gasteiger partial charge in [-0.15, -0.1) is 0 Å². The van der Waals surface area contributed by atoms with Crippen LogP contribution in [0, 0.1) is 5.92 Å². The number of carbonyl (C=O) groups is 2. The van der Waals surface area contributed by atoms with Gasteiger partial charge in [-0.2, -0.15) is 0 Å². The quantitative estimate of drug-likeness (QED) is 0.0536. The molecule has 5 heteroatoms. The Kier molecular flexibility index (Phi) is 34.2. The second-order valence-corrected chi connectivity index (χ2v) is 13.3. The topological polar surface area (TPSA) is 94.8 Å². The highest BCUT2D eigenvalue weighted by molar-refractivity contribution is 5.70. The molecule has 0 aromatic heterocycles. The largest absolute Gasteiger partial charge is 0.481 e. The molecule has 0 radical (unpaired) electrons. The van der Waals surface area contributed by atoms with E-state index in [4.69, 9.17) is 5.11 Å². The summed E-state index contributed by atoms with van der Waals surface area (Å²) in [5, 5.41) is 28.2. The molecule has 0 aliphatic heterocycles. The highest BCUT2D eigenvalue weighted by Crippen LogP contribution is 2.19. The van der Waals surface area contributed by atoms with Crippen LogP contribution in [0.5, 0.6) is 0 Å². The van der Waals surface area contributed by atoms with Crippen molar-refractivity contribution in [2.45, 2.75) is 174 Å². The minimum Gasteiger partial charge on any atom is -0.481 e. The molecule has 0 saturated heterocycles. The summed E-state index contributed by atoms with van der Waals surface area (Å²) < 4.78 is 0. The third-order valence-corrected chi connectivity index (χ3v) is 8.61. The van der Waals surface area contributed by atoms with Gasteiger partial charge in [-0.1, -0.05) is 144 Å². The third-order valence-electron chi connectivity index (χ3n) is 8.61. The maximum Gasteiger partial charge on any atom is 0.306 e. The Labute approximate surface area is 300 Å². The molecule has 3 N–H and O–H groups in total. The molecular formula is C44H72O5. The molecule has 1 aromatic rings. The van der Waals surface area contributed by atoms with Crippen LogP contribution in [0.15, 0.2) is 78.9 Å². The lowest BCUT2D eigenvalue weighted by Crippen LogP contribution is -2.21. The summed E-state index contributed by atoms with van der Waals surface area (Å²) >= 11 is 0. The maximum atomic E-state index is 11.5. The fourth-order valence-corrected chi connectivity index (χ4v) is 5.52. The molecule has 0 aliphatic carbocycles. The molecule has 49 heavy (non-hydrogen) atoms. The van der Waals surface area contributed by atoms with Crippen molar-refractivity contribution in [1.82, 2.24) is 0 Å². The van der Waals surface area contributed by atoms with Gasteiger partial charge in [0.05, 0.1) is 12.0 Å². The van der Waals surface area contributed by atoms with E-state index in [9.17, 15) is 19.8 Å². The van der Waals surface area contributed by atoms with E-state index in [1.807, 2.05) is 30.3 Å². The zero-order valence-electron chi connectivity index (χ0n) is 31.3. The van der Waals surface area contributed by atoms with Crippen LogP contribution in [0.3, 0.4) is 0 Å². The van der Waals surface area contributed by atoms with Crippen LogP contribution in [0.25, 0.3) is 0 Å². The van der Waals surface area contributed by atoms with E-state index < -0.39 is 24.0 Å². The summed E-state index contributed by atoms with van der Waals surface area (Å²) in [4.78, 5) is 21.8. The van der Waals surface area contributed by atoms with Gasteiger partial charge in [-0.05, 0) is 102 Å². The number of aliphatic hydroxyl groups excluding tert-OH is 1. The van der Waals surface area contributed by atoms with Crippen molar-refractivity contribution < 1.29 is 24.9 Å². The summed E-state index contributed by atoms with van der Waals surface area (Å²) in [5.74, 6) is -1.95. The Balaban J connectivity index is 0.00000101. The van der Waals surface area contributed by atoms with E-state index in [1.54, 1.807) is 0 Å². The lowest BCUT2D eigenvalue weighted by molar-refractivity contribution is -0.143. The summed E-state index contributed by atoms with van der Waals surface area (Å²) in [7, 11) is 0. The van der Waals surface area contributed by atoms with Gasteiger partial charge in [-0.3, -0.25) is 9.59 Å². The minimum absolute atomic E-state index is 0.324. The molecule has 0 aliphatic rings. The molecular weight excluding hydrogens is 608 g/mol. The van der Waals surface area contributed by atoms with Gasteiger partial charge in [0, 0.05) is 6.42 Å². The van der Waals surface area contributed by atoms with Gasteiger partial charge in [0.1, 0.15) is 0 Å². The van der Waals surface area contributed by atoms with Gasteiger partial charge in [0.25, 0.3) is 0 Å². The van der Waals surface area contributed by atoms with Crippen molar-refractivity contribution >= 4 is 11.9 Å². The van der Waals surface area contributed by atoms with E-state index in [0.29, 0.717) is 25.7 Å². The van der Waals surface area contributed by atoms with Crippen molar-refractivity contribution in [3.63, 3.8) is 0 Å². The fraction of sp³-hybridized carbons (Fsp3) is 0.636. The second-order valence-electron chi connectivity index (χ2n) is 13.3. The monoisotopic (exact) mass is 681 g/mol. The molecule has 2 unspecified atom stereocenters. The average Bonchev–Trinajstić information content (AvgIpc) is 3.09. The summed E-state index contributed by atoms with van der Waals surface area (Å²) in [5.41, 5.74) is 1.15. The predicted molar refractivity (Wildman–Crippen MR) is 209 cm³/mol. The lowest BCUT2D eigenvalue weighted by atomic mass is 9.92. The highest BCUT2D eigenvalue weighted by Gasteiger charge is 2.21. The summed E-state index contributed by atoms with van der Waals surface area (Å²) in [6.45, 7) is 4.46. The van der Waals surface area contributed by atoms with Gasteiger partial charge in [0.15, 0.2) is 0 Å². The number of benzene rings is 1. The molecule has 0 heterocycles. The number of carboxylic acids is 2. The van der Waals surface area contributed by atoms with Crippen LogP contribution in [-0.2, 0) is 16.0 Å². The first kappa shape index (κ1) is 46.1. The van der Waals surface area contributed by atoms with E-state index in [1.165, 1.54) is 70.6 Å². The van der Waals surface area contributed by atoms with Gasteiger partial charge in [-0.25, -0.2) is 0 Å². The van der Waals surface area contributed by atoms with Crippen LogP contribution < -0.4 is 0 Å². The Morgan fingerprint density at radius 1 is 0.592 bits per heavy atom. The first-order valence-electron chi connectivity index (χ1n) is 19.7. The minimum atomic E-state index is -0.800. The Morgan fingerprint density at radius 2 is 1.06 bits per heavy atom. The van der Waals surface area contributed by atoms with Gasteiger partial charge >= 0.3 is 11.9 Å². The second kappa shape index (κ2) is 36.4. The number of aliphatic hydroxyl groups is 1. The number of aliphatic carboxylic acids is 2. The normalized spacial score (nSPS) is 13.0. The van der Waals surface area contributed by atoms with Crippen LogP contribution in [0.4, 0.5) is 0 Å². The standard InChI is InChI=1S/C26H40O3.C18H32O2/c1-2-3-4-5-6-7-8-9-10-11-12-16-19-25(27)22-24(26(28)29)21-20-23-17-14-13-15-18-23;1-2-3-4-5-6-7-8-9-10-11-12-13-14-15-16-17-18(19)20/h6-7,9-10,13-15,17-18,24-25,27H,2-5,8,11-12,16,19-22H2,1H3,(H,28,29);6-7,9-10H,2-5,8,11-17H2,1H3,(H,19,20)/b2*7-6-,10-9-. The predicted octanol–water partition coefficient (Wildman–Crippen LogP) is 12.6. The van der Waals surface area contributed by atoms with Crippen molar-refractivity contribution in [2.75, 3.05) is 0 Å². The molecule has 0 bridgehead atoms. The number of hydrogen-bond acceptors (Lipinski definition) is 3. The molecule has 0 saturated carbocycles. The van der Waals surface area contributed by atoms with E-state index in [0.717, 1.165) is 63.4 Å². The average molecular weight is 681 g/mol. The molecule has 0 spiro atoms. The number of rotatable bonds is 31. The smallest absolute Gasteiger partial charge is 0.306 e. The molecule has 0 amide bonds. The number of allylic oxidation sites excluding steroid dienone is 8. The molecule has 1 rings (SSSR count). The Hall–Kier alpha value is -2.92. The molecule has 2 atom stereocenters. The third kappa shape index (κ3) is 34.7. The first-order chi connectivity index (χ1) is 23.9. The van der Waals surface area contributed by atoms with Crippen molar-refractivity contribution in [1.29, 1.82) is 0 Å². The fourth-order valence-electron chi connectivity index (χ4n) is 5.52. The van der Waals surface area contributed by atoms with Crippen molar-refractivity contribution in [3.8, 4) is 0 Å². The summed E-state index contributed by atoms with van der Waals surface area (Å²) in [6, 6.07) is 9.94. The molecule has 5 nitrogen and oxygen atoms in total. The van der Waals surface area contributed by atoms with Gasteiger partial charge < -0.3 is 15.3 Å². The van der Waals surface area contributed by atoms with Gasteiger partial charge in [0.2, 0.25) is 0 Å². The van der Waals surface area contributed by atoms with E-state index >= 15 is 0 Å². The highest BCUT2D eigenvalue weighted by atomic mass is 16.4. The number of aryl methyl sites for hydroxylation is 1. The number of unbranched alkanes of at least 4 members (excludes halogenated alkanes) is 13. The van der Waals surface area contributed by atoms with Crippen LogP contribution in [0.1, 0.15) is 167 Å². The zero-order chi connectivity index (χ0) is 36.0. The van der Waals surface area contributed by atoms with Crippen molar-refractivity contribution in [3.05, 3.63) is 84.5 Å². The molecule has 0 fully saturated rings. The first-order valence-corrected chi connectivity index (χ1v) is 19.7. The Bertz CT molecular complexity index is 994. The van der Waals surface area contributed by atoms with E-state index in [2.05, 4.69) is 62.5 Å².